The number of rotatable bonds is 7. The quantitative estimate of drug-likeness (QED) is 0.450. The average molecular weight is 389 g/mol. The monoisotopic (exact) mass is 389 g/mol. The molecule has 0 unspecified atom stereocenters. The second-order valence-electron chi connectivity index (χ2n) is 6.61. The van der Waals surface area contributed by atoms with Gasteiger partial charge in [0, 0.05) is 48.1 Å². The SMILES string of the molecule is O=C(NCc1ccccc1F)c1cnc(NCCc2c[nH]c3ccccc23)nc1. The summed E-state index contributed by atoms with van der Waals surface area (Å²) in [5, 5.41) is 7.04. The maximum atomic E-state index is 13.6. The number of amides is 1. The number of nitrogens with one attached hydrogen (secondary N) is 3. The molecule has 0 saturated heterocycles. The Morgan fingerprint density at radius 2 is 1.76 bits per heavy atom. The number of benzene rings is 2. The van der Waals surface area contributed by atoms with E-state index in [0.717, 1.165) is 11.9 Å². The van der Waals surface area contributed by atoms with E-state index in [-0.39, 0.29) is 18.3 Å². The van der Waals surface area contributed by atoms with Crippen LogP contribution in [0, 0.1) is 5.82 Å². The number of carbonyl (C=O) groups is 1. The van der Waals surface area contributed by atoms with E-state index in [9.17, 15) is 9.18 Å². The molecule has 6 nitrogen and oxygen atoms in total. The highest BCUT2D eigenvalue weighted by Gasteiger charge is 2.09. The fourth-order valence-corrected chi connectivity index (χ4v) is 3.10. The van der Waals surface area contributed by atoms with Gasteiger partial charge in [0.1, 0.15) is 5.82 Å². The van der Waals surface area contributed by atoms with Crippen LogP contribution in [0.3, 0.4) is 0 Å². The Balaban J connectivity index is 1.29. The molecule has 0 saturated carbocycles. The van der Waals surface area contributed by atoms with Gasteiger partial charge in [0.2, 0.25) is 5.95 Å². The Morgan fingerprint density at radius 3 is 2.59 bits per heavy atom. The number of hydrogen-bond donors (Lipinski definition) is 3. The van der Waals surface area contributed by atoms with E-state index in [1.54, 1.807) is 18.2 Å². The zero-order valence-electron chi connectivity index (χ0n) is 15.7. The lowest BCUT2D eigenvalue weighted by atomic mass is 10.1. The molecule has 2 aromatic carbocycles. The molecule has 3 N–H and O–H groups in total. The molecule has 0 atom stereocenters. The highest BCUT2D eigenvalue weighted by Crippen LogP contribution is 2.18. The summed E-state index contributed by atoms with van der Waals surface area (Å²) in [6.45, 7) is 0.775. The van der Waals surface area contributed by atoms with Gasteiger partial charge in [-0.05, 0) is 24.1 Å². The van der Waals surface area contributed by atoms with E-state index in [4.69, 9.17) is 0 Å². The topological polar surface area (TPSA) is 82.7 Å². The van der Waals surface area contributed by atoms with Crippen molar-refractivity contribution in [2.45, 2.75) is 13.0 Å². The van der Waals surface area contributed by atoms with Crippen molar-refractivity contribution in [2.75, 3.05) is 11.9 Å². The van der Waals surface area contributed by atoms with Crippen molar-refractivity contribution >= 4 is 22.8 Å². The number of hydrogen-bond acceptors (Lipinski definition) is 4. The molecular formula is C22H20FN5O. The van der Waals surface area contributed by atoms with Crippen molar-refractivity contribution in [3.8, 4) is 0 Å². The van der Waals surface area contributed by atoms with Gasteiger partial charge in [-0.2, -0.15) is 0 Å². The Bertz CT molecular complexity index is 1120. The largest absolute Gasteiger partial charge is 0.361 e. The Morgan fingerprint density at radius 1 is 1.00 bits per heavy atom. The number of anilines is 1. The molecular weight excluding hydrogens is 369 g/mol. The fourth-order valence-electron chi connectivity index (χ4n) is 3.10. The number of halogens is 1. The lowest BCUT2D eigenvalue weighted by molar-refractivity contribution is 0.0950. The van der Waals surface area contributed by atoms with Crippen LogP contribution in [0.25, 0.3) is 10.9 Å². The van der Waals surface area contributed by atoms with Crippen LogP contribution in [0.5, 0.6) is 0 Å². The van der Waals surface area contributed by atoms with Gasteiger partial charge in [0.25, 0.3) is 5.91 Å². The molecule has 1 amide bonds. The van der Waals surface area contributed by atoms with Crippen molar-refractivity contribution in [3.63, 3.8) is 0 Å². The molecule has 0 fully saturated rings. The minimum Gasteiger partial charge on any atom is -0.361 e. The lowest BCUT2D eigenvalue weighted by Gasteiger charge is -2.07. The maximum Gasteiger partial charge on any atom is 0.254 e. The molecule has 29 heavy (non-hydrogen) atoms. The molecule has 2 aromatic heterocycles. The Labute approximate surface area is 167 Å². The molecule has 0 aliphatic rings. The number of aromatic nitrogens is 3. The summed E-state index contributed by atoms with van der Waals surface area (Å²) >= 11 is 0. The minimum absolute atomic E-state index is 0.107. The average Bonchev–Trinajstić information content (AvgIpc) is 3.17. The number of aromatic amines is 1. The second kappa shape index (κ2) is 8.52. The molecule has 4 rings (SSSR count). The van der Waals surface area contributed by atoms with Crippen molar-refractivity contribution in [3.05, 3.63) is 89.6 Å². The van der Waals surface area contributed by atoms with Gasteiger partial charge in [-0.1, -0.05) is 36.4 Å². The molecule has 0 aliphatic heterocycles. The molecule has 0 aliphatic carbocycles. The molecule has 4 aromatic rings. The van der Waals surface area contributed by atoms with Crippen LogP contribution in [0.4, 0.5) is 10.3 Å². The summed E-state index contributed by atoms with van der Waals surface area (Å²) in [7, 11) is 0. The first kappa shape index (κ1) is 18.6. The van der Waals surface area contributed by atoms with Gasteiger partial charge in [-0.3, -0.25) is 4.79 Å². The van der Waals surface area contributed by atoms with E-state index < -0.39 is 0 Å². The fraction of sp³-hybridized carbons (Fsp3) is 0.136. The van der Waals surface area contributed by atoms with Crippen molar-refractivity contribution < 1.29 is 9.18 Å². The third-order valence-corrected chi connectivity index (χ3v) is 4.66. The number of nitrogens with zero attached hydrogens (tertiary/aromatic N) is 2. The molecule has 0 spiro atoms. The van der Waals surface area contributed by atoms with Gasteiger partial charge in [-0.15, -0.1) is 0 Å². The summed E-state index contributed by atoms with van der Waals surface area (Å²) in [6, 6.07) is 14.5. The number of para-hydroxylation sites is 1. The van der Waals surface area contributed by atoms with Crippen molar-refractivity contribution in [1.82, 2.24) is 20.3 Å². The van der Waals surface area contributed by atoms with Gasteiger partial charge in [-0.25, -0.2) is 14.4 Å². The predicted octanol–water partition coefficient (Wildman–Crippen LogP) is 3.68. The zero-order chi connectivity index (χ0) is 20.1. The highest BCUT2D eigenvalue weighted by atomic mass is 19.1. The highest BCUT2D eigenvalue weighted by molar-refractivity contribution is 5.93. The van der Waals surface area contributed by atoms with Crippen LogP contribution in [0.1, 0.15) is 21.5 Å². The van der Waals surface area contributed by atoms with Gasteiger partial charge in [0.05, 0.1) is 5.56 Å². The lowest BCUT2D eigenvalue weighted by Crippen LogP contribution is -2.23. The summed E-state index contributed by atoms with van der Waals surface area (Å²) in [5.41, 5.74) is 3.09. The first-order valence-corrected chi connectivity index (χ1v) is 9.33. The van der Waals surface area contributed by atoms with E-state index in [0.29, 0.717) is 23.6 Å². The van der Waals surface area contributed by atoms with Gasteiger partial charge >= 0.3 is 0 Å². The number of carbonyl (C=O) groups excluding carboxylic acids is 1. The Hall–Kier alpha value is -3.74. The predicted molar refractivity (Wildman–Crippen MR) is 110 cm³/mol. The van der Waals surface area contributed by atoms with E-state index in [1.165, 1.54) is 29.4 Å². The van der Waals surface area contributed by atoms with Crippen LogP contribution in [0.15, 0.2) is 67.1 Å². The smallest absolute Gasteiger partial charge is 0.254 e. The maximum absolute atomic E-state index is 13.6. The molecule has 0 radical (unpaired) electrons. The molecule has 146 valence electrons. The van der Waals surface area contributed by atoms with Gasteiger partial charge in [0.15, 0.2) is 0 Å². The number of fused-ring (bicyclic) bond motifs is 1. The summed E-state index contributed by atoms with van der Waals surface area (Å²) in [4.78, 5) is 23.8. The van der Waals surface area contributed by atoms with Crippen molar-refractivity contribution in [2.24, 2.45) is 0 Å². The van der Waals surface area contributed by atoms with Crippen LogP contribution >= 0.6 is 0 Å². The summed E-state index contributed by atoms with van der Waals surface area (Å²) in [6.07, 6.45) is 5.74. The molecule has 7 heteroatoms. The first-order valence-electron chi connectivity index (χ1n) is 9.33. The number of H-pyrrole nitrogens is 1. The zero-order valence-corrected chi connectivity index (χ0v) is 15.7. The third-order valence-electron chi connectivity index (χ3n) is 4.66. The Kier molecular flexibility index (Phi) is 5.47. The van der Waals surface area contributed by atoms with E-state index in [1.807, 2.05) is 24.4 Å². The first-order chi connectivity index (χ1) is 14.2. The van der Waals surface area contributed by atoms with Crippen molar-refractivity contribution in [1.29, 1.82) is 0 Å². The van der Waals surface area contributed by atoms with E-state index in [2.05, 4.69) is 31.7 Å². The van der Waals surface area contributed by atoms with Crippen LogP contribution in [0.2, 0.25) is 0 Å². The van der Waals surface area contributed by atoms with Gasteiger partial charge < -0.3 is 15.6 Å². The van der Waals surface area contributed by atoms with Crippen LogP contribution in [-0.2, 0) is 13.0 Å². The second-order valence-corrected chi connectivity index (χ2v) is 6.61. The summed E-state index contributed by atoms with van der Waals surface area (Å²) < 4.78 is 13.6. The normalized spacial score (nSPS) is 10.8. The third kappa shape index (κ3) is 4.40. The standard InChI is InChI=1S/C22H20FN5O/c23-19-7-3-1-5-16(19)12-26-21(29)17-13-27-22(28-14-17)24-10-9-15-11-25-20-8-4-2-6-18(15)20/h1-8,11,13-14,25H,9-10,12H2,(H,26,29)(H,24,27,28). The van der Waals surface area contributed by atoms with E-state index >= 15 is 0 Å². The minimum atomic E-state index is -0.349. The van der Waals surface area contributed by atoms with Crippen LogP contribution < -0.4 is 10.6 Å². The molecule has 2 heterocycles. The molecule has 0 bridgehead atoms. The van der Waals surface area contributed by atoms with Crippen LogP contribution in [-0.4, -0.2) is 27.4 Å². The summed E-state index contributed by atoms with van der Waals surface area (Å²) in [5.74, 6) is -0.243.